The Labute approximate surface area is 124 Å². The fourth-order valence-corrected chi connectivity index (χ4v) is 1.90. The number of hydrogen-bond acceptors (Lipinski definition) is 3. The number of carbonyl (C=O) groups is 1. The molecule has 0 saturated heterocycles. The van der Waals surface area contributed by atoms with Crippen molar-refractivity contribution in [3.8, 4) is 5.69 Å². The second kappa shape index (κ2) is 5.72. The maximum atomic E-state index is 13.7. The standard InChI is InChI=1S/C15H10F2N4O/c16-11-7-4-8-12(17)13(11)21-9-18-15(20-21)19-14(22)10-5-2-1-3-6-10/h1-9H,(H,19,20,22). The van der Waals surface area contributed by atoms with E-state index in [-0.39, 0.29) is 11.6 Å². The topological polar surface area (TPSA) is 59.8 Å². The Hall–Kier alpha value is -3.09. The van der Waals surface area contributed by atoms with Crippen molar-refractivity contribution in [3.63, 3.8) is 0 Å². The average Bonchev–Trinajstić information content (AvgIpc) is 2.96. The molecule has 1 N–H and O–H groups in total. The van der Waals surface area contributed by atoms with Crippen molar-refractivity contribution in [1.29, 1.82) is 0 Å². The fourth-order valence-electron chi connectivity index (χ4n) is 1.90. The maximum absolute atomic E-state index is 13.7. The predicted octanol–water partition coefficient (Wildman–Crippen LogP) is 2.80. The first-order valence-corrected chi connectivity index (χ1v) is 6.37. The van der Waals surface area contributed by atoms with Crippen LogP contribution in [-0.2, 0) is 0 Å². The van der Waals surface area contributed by atoms with Crippen LogP contribution in [0.5, 0.6) is 0 Å². The molecule has 5 nitrogen and oxygen atoms in total. The molecule has 0 atom stereocenters. The van der Waals surface area contributed by atoms with Gasteiger partial charge in [0.05, 0.1) is 0 Å². The molecular weight excluding hydrogens is 290 g/mol. The summed E-state index contributed by atoms with van der Waals surface area (Å²) < 4.78 is 28.2. The van der Waals surface area contributed by atoms with Gasteiger partial charge in [-0.25, -0.2) is 13.5 Å². The van der Waals surface area contributed by atoms with E-state index in [2.05, 4.69) is 15.4 Å². The monoisotopic (exact) mass is 300 g/mol. The number of aromatic nitrogens is 3. The summed E-state index contributed by atoms with van der Waals surface area (Å²) in [6.45, 7) is 0. The lowest BCUT2D eigenvalue weighted by atomic mass is 10.2. The molecule has 0 aliphatic heterocycles. The third-order valence-electron chi connectivity index (χ3n) is 2.92. The Morgan fingerprint density at radius 1 is 1.00 bits per heavy atom. The Balaban J connectivity index is 1.84. The molecule has 1 amide bonds. The van der Waals surface area contributed by atoms with Crippen LogP contribution in [0.3, 0.4) is 0 Å². The molecule has 0 saturated carbocycles. The summed E-state index contributed by atoms with van der Waals surface area (Å²) in [5, 5.41) is 6.32. The van der Waals surface area contributed by atoms with Crippen molar-refractivity contribution < 1.29 is 13.6 Å². The summed E-state index contributed by atoms with van der Waals surface area (Å²) in [5.74, 6) is -2.00. The predicted molar refractivity (Wildman–Crippen MR) is 75.7 cm³/mol. The Bertz CT molecular complexity index is 797. The molecule has 1 heterocycles. The van der Waals surface area contributed by atoms with Crippen LogP contribution in [0.2, 0.25) is 0 Å². The van der Waals surface area contributed by atoms with Crippen LogP contribution in [-0.4, -0.2) is 20.7 Å². The first kappa shape index (κ1) is 13.9. The van der Waals surface area contributed by atoms with Crippen molar-refractivity contribution in [1.82, 2.24) is 14.8 Å². The molecule has 110 valence electrons. The number of rotatable bonds is 3. The molecule has 0 radical (unpaired) electrons. The van der Waals surface area contributed by atoms with E-state index >= 15 is 0 Å². The SMILES string of the molecule is O=C(Nc1ncn(-c2c(F)cccc2F)n1)c1ccccc1. The van der Waals surface area contributed by atoms with Crippen LogP contribution in [0.4, 0.5) is 14.7 Å². The molecule has 3 aromatic rings. The number of nitrogens with one attached hydrogen (secondary N) is 1. The highest BCUT2D eigenvalue weighted by atomic mass is 19.1. The van der Waals surface area contributed by atoms with E-state index in [0.717, 1.165) is 23.1 Å². The summed E-state index contributed by atoms with van der Waals surface area (Å²) in [7, 11) is 0. The number of para-hydroxylation sites is 1. The van der Waals surface area contributed by atoms with Gasteiger partial charge in [0.1, 0.15) is 12.0 Å². The Morgan fingerprint density at radius 2 is 1.68 bits per heavy atom. The van der Waals surface area contributed by atoms with Gasteiger partial charge in [-0.15, -0.1) is 5.10 Å². The zero-order chi connectivity index (χ0) is 15.5. The lowest BCUT2D eigenvalue weighted by molar-refractivity contribution is 0.102. The largest absolute Gasteiger partial charge is 0.289 e. The molecule has 0 spiro atoms. The van der Waals surface area contributed by atoms with E-state index in [9.17, 15) is 13.6 Å². The lowest BCUT2D eigenvalue weighted by Gasteiger charge is -2.03. The number of carbonyl (C=O) groups excluding carboxylic acids is 1. The molecule has 7 heteroatoms. The number of benzene rings is 2. The summed E-state index contributed by atoms with van der Waals surface area (Å²) >= 11 is 0. The first-order chi connectivity index (χ1) is 10.6. The van der Waals surface area contributed by atoms with Crippen LogP contribution >= 0.6 is 0 Å². The van der Waals surface area contributed by atoms with Crippen LogP contribution in [0.1, 0.15) is 10.4 Å². The van der Waals surface area contributed by atoms with Crippen molar-refractivity contribution in [3.05, 3.63) is 72.1 Å². The second-order valence-corrected chi connectivity index (χ2v) is 4.40. The van der Waals surface area contributed by atoms with Gasteiger partial charge in [-0.3, -0.25) is 10.1 Å². The van der Waals surface area contributed by atoms with Gasteiger partial charge in [-0.1, -0.05) is 24.3 Å². The first-order valence-electron chi connectivity index (χ1n) is 6.37. The third kappa shape index (κ3) is 2.69. The molecule has 0 unspecified atom stereocenters. The smallest absolute Gasteiger partial charge is 0.258 e. The molecule has 0 fully saturated rings. The highest BCUT2D eigenvalue weighted by Gasteiger charge is 2.14. The number of nitrogens with zero attached hydrogens (tertiary/aromatic N) is 3. The molecule has 0 aliphatic rings. The highest BCUT2D eigenvalue weighted by molar-refractivity contribution is 6.03. The number of amides is 1. The summed E-state index contributed by atoms with van der Waals surface area (Å²) in [6.07, 6.45) is 1.13. The molecule has 1 aromatic heterocycles. The van der Waals surface area contributed by atoms with Gasteiger partial charge in [-0.2, -0.15) is 4.98 Å². The lowest BCUT2D eigenvalue weighted by Crippen LogP contribution is -2.13. The normalized spacial score (nSPS) is 10.5. The zero-order valence-corrected chi connectivity index (χ0v) is 11.2. The van der Waals surface area contributed by atoms with E-state index in [0.29, 0.717) is 5.56 Å². The fraction of sp³-hybridized carbons (Fsp3) is 0. The number of anilines is 1. The van der Waals surface area contributed by atoms with Gasteiger partial charge in [0, 0.05) is 5.56 Å². The minimum Gasteiger partial charge on any atom is -0.289 e. The molecule has 22 heavy (non-hydrogen) atoms. The molecule has 0 aliphatic carbocycles. The van der Waals surface area contributed by atoms with Crippen molar-refractivity contribution >= 4 is 11.9 Å². The van der Waals surface area contributed by atoms with Gasteiger partial charge in [0.15, 0.2) is 11.6 Å². The Kier molecular flexibility index (Phi) is 3.61. The zero-order valence-electron chi connectivity index (χ0n) is 11.2. The van der Waals surface area contributed by atoms with Crippen molar-refractivity contribution in [2.45, 2.75) is 0 Å². The Morgan fingerprint density at radius 3 is 2.36 bits per heavy atom. The van der Waals surface area contributed by atoms with Gasteiger partial charge in [0.2, 0.25) is 5.95 Å². The minimum absolute atomic E-state index is 0.0449. The van der Waals surface area contributed by atoms with Crippen LogP contribution in [0.15, 0.2) is 54.9 Å². The molecule has 3 rings (SSSR count). The average molecular weight is 300 g/mol. The van der Waals surface area contributed by atoms with Crippen molar-refractivity contribution in [2.75, 3.05) is 5.32 Å². The maximum Gasteiger partial charge on any atom is 0.258 e. The van der Waals surface area contributed by atoms with Crippen LogP contribution < -0.4 is 5.32 Å². The minimum atomic E-state index is -0.772. The van der Waals surface area contributed by atoms with Gasteiger partial charge in [-0.05, 0) is 24.3 Å². The highest BCUT2D eigenvalue weighted by Crippen LogP contribution is 2.17. The third-order valence-corrected chi connectivity index (χ3v) is 2.92. The number of hydrogen-bond donors (Lipinski definition) is 1. The van der Waals surface area contributed by atoms with E-state index < -0.39 is 17.5 Å². The van der Waals surface area contributed by atoms with Crippen LogP contribution in [0.25, 0.3) is 5.69 Å². The summed E-state index contributed by atoms with van der Waals surface area (Å²) in [6, 6.07) is 12.0. The summed E-state index contributed by atoms with van der Waals surface area (Å²) in [4.78, 5) is 15.8. The second-order valence-electron chi connectivity index (χ2n) is 4.40. The van der Waals surface area contributed by atoms with Gasteiger partial charge < -0.3 is 0 Å². The van der Waals surface area contributed by atoms with Gasteiger partial charge in [0.25, 0.3) is 5.91 Å². The quantitative estimate of drug-likeness (QED) is 0.809. The van der Waals surface area contributed by atoms with Crippen LogP contribution in [0, 0.1) is 11.6 Å². The van der Waals surface area contributed by atoms with E-state index in [1.54, 1.807) is 30.3 Å². The molecular formula is C15H10F2N4O. The summed E-state index contributed by atoms with van der Waals surface area (Å²) in [5.41, 5.74) is 0.0751. The van der Waals surface area contributed by atoms with Gasteiger partial charge >= 0.3 is 0 Å². The van der Waals surface area contributed by atoms with E-state index in [4.69, 9.17) is 0 Å². The molecule has 2 aromatic carbocycles. The van der Waals surface area contributed by atoms with E-state index in [1.807, 2.05) is 0 Å². The van der Waals surface area contributed by atoms with E-state index in [1.165, 1.54) is 6.07 Å². The molecule has 0 bridgehead atoms. The number of halogens is 2. The van der Waals surface area contributed by atoms with Crippen molar-refractivity contribution in [2.24, 2.45) is 0 Å².